The topological polar surface area (TPSA) is 73.6 Å². The predicted molar refractivity (Wildman–Crippen MR) is 119 cm³/mol. The van der Waals surface area contributed by atoms with Crippen molar-refractivity contribution < 1.29 is 17.6 Å². The Morgan fingerprint density at radius 1 is 1.10 bits per heavy atom. The second-order valence-corrected chi connectivity index (χ2v) is 9.79. The van der Waals surface area contributed by atoms with Crippen molar-refractivity contribution >= 4 is 20.6 Å². The largest absolute Gasteiger partial charge is 0.497 e. The van der Waals surface area contributed by atoms with Crippen molar-refractivity contribution in [2.75, 3.05) is 7.11 Å². The first-order chi connectivity index (χ1) is 14.2. The molecule has 2 aromatic carbocycles. The highest BCUT2D eigenvalue weighted by molar-refractivity contribution is 7.94. The standard InChI is InChI=1S/C24H26O5S/c1-24(2,14-15-30(26,27)20-8-5-4-6-9-20)13-7-10-21-22-16-19(28-3)12-11-18(22)17-29-23(21)25/h4-6,8-9,11-12,14-17H,7,10,13H2,1-3H3/b15-14+. The van der Waals surface area contributed by atoms with Crippen LogP contribution < -0.4 is 10.4 Å². The molecule has 0 amide bonds. The Hall–Kier alpha value is -2.86. The second kappa shape index (κ2) is 8.88. The van der Waals surface area contributed by atoms with E-state index >= 15 is 0 Å². The van der Waals surface area contributed by atoms with Gasteiger partial charge in [0.2, 0.25) is 0 Å². The summed E-state index contributed by atoms with van der Waals surface area (Å²) in [5.74, 6) is 0.684. The SMILES string of the molecule is COc1ccc2coc(=O)c(CCCC(C)(C)/C=C/S(=O)(=O)c3ccccc3)c2c1. The first-order valence-corrected chi connectivity index (χ1v) is 11.3. The summed E-state index contributed by atoms with van der Waals surface area (Å²) in [6.45, 7) is 3.97. The first-order valence-electron chi connectivity index (χ1n) is 9.80. The number of benzene rings is 2. The summed E-state index contributed by atoms with van der Waals surface area (Å²) in [5, 5.41) is 2.95. The molecular formula is C24H26O5S. The Kier molecular flexibility index (Phi) is 6.46. The molecule has 0 aliphatic heterocycles. The molecule has 3 rings (SSSR count). The molecule has 0 spiro atoms. The van der Waals surface area contributed by atoms with Crippen LogP contribution in [0, 0.1) is 5.41 Å². The summed E-state index contributed by atoms with van der Waals surface area (Å²) < 4.78 is 35.4. The van der Waals surface area contributed by atoms with Gasteiger partial charge in [-0.05, 0) is 60.4 Å². The van der Waals surface area contributed by atoms with Crippen molar-refractivity contribution in [1.82, 2.24) is 0 Å². The van der Waals surface area contributed by atoms with E-state index in [1.165, 1.54) is 11.7 Å². The number of fused-ring (bicyclic) bond motifs is 1. The molecule has 0 N–H and O–H groups in total. The molecule has 30 heavy (non-hydrogen) atoms. The van der Waals surface area contributed by atoms with Crippen LogP contribution in [0.4, 0.5) is 0 Å². The van der Waals surface area contributed by atoms with Gasteiger partial charge in [-0.1, -0.05) is 38.1 Å². The molecule has 1 heterocycles. The summed E-state index contributed by atoms with van der Waals surface area (Å²) in [6, 6.07) is 13.9. The molecular weight excluding hydrogens is 400 g/mol. The summed E-state index contributed by atoms with van der Waals surface area (Å²) in [7, 11) is -1.89. The van der Waals surface area contributed by atoms with Crippen molar-refractivity contribution in [3.05, 3.63) is 82.3 Å². The summed E-state index contributed by atoms with van der Waals surface area (Å²) in [5.41, 5.74) is -0.0801. The normalized spacial score (nSPS) is 12.5. The molecule has 0 saturated carbocycles. The van der Waals surface area contributed by atoms with Crippen molar-refractivity contribution in [3.63, 3.8) is 0 Å². The monoisotopic (exact) mass is 426 g/mol. The zero-order valence-corrected chi connectivity index (χ0v) is 18.2. The van der Waals surface area contributed by atoms with E-state index in [9.17, 15) is 13.2 Å². The maximum Gasteiger partial charge on any atom is 0.339 e. The van der Waals surface area contributed by atoms with Gasteiger partial charge < -0.3 is 9.15 Å². The molecule has 0 fully saturated rings. The molecule has 6 heteroatoms. The maximum atomic E-state index is 12.5. The van der Waals surface area contributed by atoms with E-state index in [0.29, 0.717) is 30.6 Å². The Bertz CT molecular complexity index is 1210. The average Bonchev–Trinajstić information content (AvgIpc) is 2.74. The molecule has 0 aliphatic carbocycles. The third-order valence-corrected chi connectivity index (χ3v) is 6.57. The van der Waals surface area contributed by atoms with Gasteiger partial charge in [0.05, 0.1) is 12.0 Å². The van der Waals surface area contributed by atoms with Gasteiger partial charge in [-0.2, -0.15) is 0 Å². The number of rotatable bonds is 8. The molecule has 1 aromatic heterocycles. The zero-order valence-electron chi connectivity index (χ0n) is 17.4. The number of aryl methyl sites for hydroxylation is 1. The van der Waals surface area contributed by atoms with Crippen LogP contribution in [0.5, 0.6) is 5.75 Å². The second-order valence-electron chi connectivity index (χ2n) is 7.96. The average molecular weight is 427 g/mol. The van der Waals surface area contributed by atoms with E-state index in [1.807, 2.05) is 32.0 Å². The van der Waals surface area contributed by atoms with E-state index < -0.39 is 9.84 Å². The minimum absolute atomic E-state index is 0.277. The molecule has 0 unspecified atom stereocenters. The van der Waals surface area contributed by atoms with Crippen LogP contribution in [0.2, 0.25) is 0 Å². The fraction of sp³-hybridized carbons (Fsp3) is 0.292. The summed E-state index contributed by atoms with van der Waals surface area (Å²) in [4.78, 5) is 12.6. The lowest BCUT2D eigenvalue weighted by Crippen LogP contribution is -2.12. The van der Waals surface area contributed by atoms with Gasteiger partial charge in [0.25, 0.3) is 0 Å². The third kappa shape index (κ3) is 5.19. The van der Waals surface area contributed by atoms with Crippen molar-refractivity contribution in [1.29, 1.82) is 0 Å². The van der Waals surface area contributed by atoms with E-state index in [-0.39, 0.29) is 15.9 Å². The van der Waals surface area contributed by atoms with Crippen LogP contribution in [0.15, 0.2) is 80.4 Å². The highest BCUT2D eigenvalue weighted by atomic mass is 32.2. The van der Waals surface area contributed by atoms with Gasteiger partial charge in [-0.25, -0.2) is 13.2 Å². The van der Waals surface area contributed by atoms with E-state index in [0.717, 1.165) is 10.8 Å². The highest BCUT2D eigenvalue weighted by Crippen LogP contribution is 2.28. The first kappa shape index (κ1) is 21.8. The quantitative estimate of drug-likeness (QED) is 0.499. The number of sulfone groups is 1. The van der Waals surface area contributed by atoms with Gasteiger partial charge in [0.1, 0.15) is 12.0 Å². The zero-order chi connectivity index (χ0) is 21.8. The molecule has 158 valence electrons. The Balaban J connectivity index is 1.73. The number of methoxy groups -OCH3 is 1. The lowest BCUT2D eigenvalue weighted by Gasteiger charge is -2.20. The van der Waals surface area contributed by atoms with Gasteiger partial charge in [-0.15, -0.1) is 0 Å². The van der Waals surface area contributed by atoms with Crippen LogP contribution in [0.1, 0.15) is 32.3 Å². The van der Waals surface area contributed by atoms with Crippen molar-refractivity contribution in [2.45, 2.75) is 38.0 Å². The lowest BCUT2D eigenvalue weighted by atomic mass is 9.86. The van der Waals surface area contributed by atoms with Gasteiger partial charge in [0.15, 0.2) is 9.84 Å². The van der Waals surface area contributed by atoms with Crippen LogP contribution in [-0.4, -0.2) is 15.5 Å². The fourth-order valence-electron chi connectivity index (χ4n) is 3.33. The molecule has 3 aromatic rings. The lowest BCUT2D eigenvalue weighted by molar-refractivity contribution is 0.414. The van der Waals surface area contributed by atoms with Gasteiger partial charge in [-0.3, -0.25) is 0 Å². The minimum Gasteiger partial charge on any atom is -0.497 e. The van der Waals surface area contributed by atoms with Gasteiger partial charge >= 0.3 is 5.63 Å². The molecule has 5 nitrogen and oxygen atoms in total. The molecule has 0 aliphatic rings. The third-order valence-electron chi connectivity index (χ3n) is 5.14. The number of allylic oxidation sites excluding steroid dienone is 1. The van der Waals surface area contributed by atoms with Crippen LogP contribution in [0.25, 0.3) is 10.8 Å². The molecule has 0 atom stereocenters. The Labute approximate surface area is 176 Å². The smallest absolute Gasteiger partial charge is 0.339 e. The Morgan fingerprint density at radius 3 is 2.53 bits per heavy atom. The number of hydrogen-bond acceptors (Lipinski definition) is 5. The summed E-state index contributed by atoms with van der Waals surface area (Å²) in [6.07, 6.45) is 5.15. The molecule has 0 bridgehead atoms. The predicted octanol–water partition coefficient (Wildman–Crippen LogP) is 5.14. The van der Waals surface area contributed by atoms with E-state index in [2.05, 4.69) is 0 Å². The van der Waals surface area contributed by atoms with Crippen molar-refractivity contribution in [3.8, 4) is 5.75 Å². The van der Waals surface area contributed by atoms with Gasteiger partial charge in [0, 0.05) is 16.4 Å². The van der Waals surface area contributed by atoms with E-state index in [1.54, 1.807) is 43.5 Å². The maximum absolute atomic E-state index is 12.5. The number of hydrogen-bond donors (Lipinski definition) is 0. The highest BCUT2D eigenvalue weighted by Gasteiger charge is 2.18. The molecule has 0 radical (unpaired) electrons. The molecule has 0 saturated heterocycles. The van der Waals surface area contributed by atoms with E-state index in [4.69, 9.17) is 9.15 Å². The number of ether oxygens (including phenoxy) is 1. The van der Waals surface area contributed by atoms with Crippen LogP contribution in [-0.2, 0) is 16.3 Å². The van der Waals surface area contributed by atoms with Crippen LogP contribution in [0.3, 0.4) is 0 Å². The fourth-order valence-corrected chi connectivity index (χ4v) is 4.57. The summed E-state index contributed by atoms with van der Waals surface area (Å²) >= 11 is 0. The van der Waals surface area contributed by atoms with Crippen LogP contribution >= 0.6 is 0 Å². The van der Waals surface area contributed by atoms with Crippen molar-refractivity contribution in [2.24, 2.45) is 5.41 Å². The minimum atomic E-state index is -3.47. The Morgan fingerprint density at radius 2 is 1.83 bits per heavy atom.